The molecule has 1 aromatic heterocycles. The van der Waals surface area contributed by atoms with Crippen LogP contribution in [0.3, 0.4) is 0 Å². The zero-order valence-corrected chi connectivity index (χ0v) is 15.8. The molecule has 2 aromatic rings. The second-order valence-electron chi connectivity index (χ2n) is 6.02. The maximum Gasteiger partial charge on any atom is 0.341 e. The summed E-state index contributed by atoms with van der Waals surface area (Å²) in [5.74, 6) is -0.531. The van der Waals surface area contributed by atoms with E-state index in [1.807, 2.05) is 43.3 Å². The van der Waals surface area contributed by atoms with Gasteiger partial charge in [0.1, 0.15) is 5.00 Å². The molecule has 0 radical (unpaired) electrons. The van der Waals surface area contributed by atoms with Crippen LogP contribution in [0.15, 0.2) is 36.4 Å². The van der Waals surface area contributed by atoms with E-state index in [-0.39, 0.29) is 11.8 Å². The van der Waals surface area contributed by atoms with E-state index in [2.05, 4.69) is 12.2 Å². The van der Waals surface area contributed by atoms with Crippen LogP contribution in [0.5, 0.6) is 0 Å². The first kappa shape index (κ1) is 19.2. The summed E-state index contributed by atoms with van der Waals surface area (Å²) in [4.78, 5) is 25.6. The molecular formula is C20H25NO3S. The fourth-order valence-electron chi connectivity index (χ4n) is 2.58. The Labute approximate surface area is 153 Å². The highest BCUT2D eigenvalue weighted by molar-refractivity contribution is 7.16. The first-order valence-electron chi connectivity index (χ1n) is 8.69. The van der Waals surface area contributed by atoms with Crippen molar-refractivity contribution in [3.8, 4) is 0 Å². The number of amides is 1. The van der Waals surface area contributed by atoms with Gasteiger partial charge >= 0.3 is 5.97 Å². The predicted octanol–water partition coefficient (Wildman–Crippen LogP) is 4.89. The molecule has 4 nitrogen and oxygen atoms in total. The highest BCUT2D eigenvalue weighted by Crippen LogP contribution is 2.31. The number of nitrogens with one attached hydrogen (secondary N) is 1. The van der Waals surface area contributed by atoms with Gasteiger partial charge in [0.2, 0.25) is 5.91 Å². The molecule has 2 rings (SSSR count). The van der Waals surface area contributed by atoms with Gasteiger partial charge in [-0.05, 0) is 25.0 Å². The molecule has 0 spiro atoms. The molecule has 0 aliphatic heterocycles. The molecule has 1 heterocycles. The fourth-order valence-corrected chi connectivity index (χ4v) is 3.66. The normalized spacial score (nSPS) is 11.8. The van der Waals surface area contributed by atoms with Crippen LogP contribution < -0.4 is 5.32 Å². The number of benzene rings is 1. The smallest absolute Gasteiger partial charge is 0.341 e. The van der Waals surface area contributed by atoms with Gasteiger partial charge in [-0.1, -0.05) is 50.6 Å². The molecule has 1 N–H and O–H groups in total. The first-order valence-corrected chi connectivity index (χ1v) is 9.51. The summed E-state index contributed by atoms with van der Waals surface area (Å²) in [5.41, 5.74) is 1.60. The Morgan fingerprint density at radius 1 is 1.20 bits per heavy atom. The van der Waals surface area contributed by atoms with Crippen LogP contribution in [0.25, 0.3) is 0 Å². The summed E-state index contributed by atoms with van der Waals surface area (Å²) < 4.78 is 5.14. The molecule has 0 bridgehead atoms. The standard InChI is InChI=1S/C20H25NO3S/c1-4-9-14(3)18(22)21-19-17(20(23)24-5-2)13-16(25-19)12-15-10-7-6-8-11-15/h6-8,10-11,13-14H,4-5,9,12H2,1-3H3,(H,21,22)/t14-/m1/s1. The quantitative estimate of drug-likeness (QED) is 0.683. The summed E-state index contributed by atoms with van der Waals surface area (Å²) in [6.07, 6.45) is 2.49. The summed E-state index contributed by atoms with van der Waals surface area (Å²) in [6, 6.07) is 11.9. The van der Waals surface area contributed by atoms with E-state index in [0.717, 1.165) is 29.7 Å². The van der Waals surface area contributed by atoms with E-state index in [1.165, 1.54) is 11.3 Å². The van der Waals surface area contributed by atoms with Crippen LogP contribution in [0.2, 0.25) is 0 Å². The molecule has 0 fully saturated rings. The molecule has 0 unspecified atom stereocenters. The van der Waals surface area contributed by atoms with Crippen LogP contribution in [-0.4, -0.2) is 18.5 Å². The van der Waals surface area contributed by atoms with Crippen LogP contribution in [0.4, 0.5) is 5.00 Å². The van der Waals surface area contributed by atoms with Gasteiger partial charge in [-0.25, -0.2) is 4.79 Å². The number of ether oxygens (including phenoxy) is 1. The molecule has 1 amide bonds. The molecule has 134 valence electrons. The summed E-state index contributed by atoms with van der Waals surface area (Å²) >= 11 is 1.44. The van der Waals surface area contributed by atoms with Crippen molar-refractivity contribution in [1.82, 2.24) is 0 Å². The second kappa shape index (κ2) is 9.37. The molecule has 1 aromatic carbocycles. The van der Waals surface area contributed by atoms with E-state index in [9.17, 15) is 9.59 Å². The monoisotopic (exact) mass is 359 g/mol. The molecule has 5 heteroatoms. The summed E-state index contributed by atoms with van der Waals surface area (Å²) in [6.45, 7) is 6.04. The predicted molar refractivity (Wildman–Crippen MR) is 102 cm³/mol. The Hall–Kier alpha value is -2.14. The number of hydrogen-bond donors (Lipinski definition) is 1. The molecule has 0 saturated carbocycles. The minimum absolute atomic E-state index is 0.0551. The van der Waals surface area contributed by atoms with E-state index in [0.29, 0.717) is 17.2 Å². The fraction of sp³-hybridized carbons (Fsp3) is 0.400. The SMILES string of the molecule is CCC[C@@H](C)C(=O)Nc1sc(Cc2ccccc2)cc1C(=O)OCC. The van der Waals surface area contributed by atoms with Crippen molar-refractivity contribution in [1.29, 1.82) is 0 Å². The minimum Gasteiger partial charge on any atom is -0.462 e. The number of rotatable bonds is 8. The average Bonchev–Trinajstić information content (AvgIpc) is 2.98. The number of carbonyl (C=O) groups is 2. The van der Waals surface area contributed by atoms with Crippen LogP contribution in [0, 0.1) is 5.92 Å². The van der Waals surface area contributed by atoms with Gasteiger partial charge in [0, 0.05) is 17.2 Å². The van der Waals surface area contributed by atoms with E-state index in [1.54, 1.807) is 6.92 Å². The lowest BCUT2D eigenvalue weighted by molar-refractivity contribution is -0.119. The first-order chi connectivity index (χ1) is 12.0. The highest BCUT2D eigenvalue weighted by Gasteiger charge is 2.21. The maximum absolute atomic E-state index is 12.3. The van der Waals surface area contributed by atoms with Crippen molar-refractivity contribution in [3.63, 3.8) is 0 Å². The Balaban J connectivity index is 2.23. The van der Waals surface area contributed by atoms with E-state index >= 15 is 0 Å². The largest absolute Gasteiger partial charge is 0.462 e. The second-order valence-corrected chi connectivity index (χ2v) is 7.15. The van der Waals surface area contributed by atoms with Gasteiger partial charge in [0.15, 0.2) is 0 Å². The average molecular weight is 359 g/mol. The van der Waals surface area contributed by atoms with Crippen molar-refractivity contribution in [2.24, 2.45) is 5.92 Å². The van der Waals surface area contributed by atoms with Gasteiger partial charge in [0.25, 0.3) is 0 Å². The number of esters is 1. The zero-order chi connectivity index (χ0) is 18.2. The summed E-state index contributed by atoms with van der Waals surface area (Å²) in [7, 11) is 0. The van der Waals surface area contributed by atoms with Crippen molar-refractivity contribution in [2.75, 3.05) is 11.9 Å². The number of hydrogen-bond acceptors (Lipinski definition) is 4. The van der Waals surface area contributed by atoms with Gasteiger partial charge in [-0.2, -0.15) is 0 Å². The van der Waals surface area contributed by atoms with Crippen molar-refractivity contribution in [2.45, 2.75) is 40.0 Å². The number of anilines is 1. The maximum atomic E-state index is 12.3. The molecule has 0 aliphatic carbocycles. The lowest BCUT2D eigenvalue weighted by Crippen LogP contribution is -2.21. The lowest BCUT2D eigenvalue weighted by atomic mass is 10.1. The van der Waals surface area contributed by atoms with Crippen molar-refractivity contribution < 1.29 is 14.3 Å². The minimum atomic E-state index is -0.392. The number of carbonyl (C=O) groups excluding carboxylic acids is 2. The van der Waals surface area contributed by atoms with Gasteiger partial charge in [0.05, 0.1) is 12.2 Å². The van der Waals surface area contributed by atoms with Gasteiger partial charge < -0.3 is 10.1 Å². The van der Waals surface area contributed by atoms with E-state index < -0.39 is 5.97 Å². The van der Waals surface area contributed by atoms with Crippen LogP contribution in [-0.2, 0) is 16.0 Å². The molecule has 1 atom stereocenters. The lowest BCUT2D eigenvalue weighted by Gasteiger charge is -2.11. The molecule has 25 heavy (non-hydrogen) atoms. The molecule has 0 saturated heterocycles. The molecular weight excluding hydrogens is 334 g/mol. The van der Waals surface area contributed by atoms with Crippen LogP contribution in [0.1, 0.15) is 54.4 Å². The highest BCUT2D eigenvalue weighted by atomic mass is 32.1. The van der Waals surface area contributed by atoms with Gasteiger partial charge in [-0.15, -0.1) is 11.3 Å². The Morgan fingerprint density at radius 2 is 1.92 bits per heavy atom. The Bertz CT molecular complexity index is 709. The topological polar surface area (TPSA) is 55.4 Å². The third kappa shape index (κ3) is 5.43. The third-order valence-electron chi connectivity index (χ3n) is 3.91. The Kier molecular flexibility index (Phi) is 7.19. The third-order valence-corrected chi connectivity index (χ3v) is 4.96. The van der Waals surface area contributed by atoms with Crippen LogP contribution >= 0.6 is 11.3 Å². The van der Waals surface area contributed by atoms with Gasteiger partial charge in [-0.3, -0.25) is 4.79 Å². The zero-order valence-electron chi connectivity index (χ0n) is 15.0. The summed E-state index contributed by atoms with van der Waals surface area (Å²) in [5, 5.41) is 3.50. The van der Waals surface area contributed by atoms with E-state index in [4.69, 9.17) is 4.74 Å². The number of thiophene rings is 1. The Morgan fingerprint density at radius 3 is 2.56 bits per heavy atom. The van der Waals surface area contributed by atoms with Crippen molar-refractivity contribution >= 4 is 28.2 Å². The molecule has 0 aliphatic rings. The van der Waals surface area contributed by atoms with Crippen molar-refractivity contribution in [3.05, 3.63) is 52.4 Å².